The summed E-state index contributed by atoms with van der Waals surface area (Å²) in [6.07, 6.45) is 21.2. The molecule has 0 aliphatic heterocycles. The van der Waals surface area contributed by atoms with Crippen LogP contribution in [0.2, 0.25) is 0 Å². The van der Waals surface area contributed by atoms with Crippen molar-refractivity contribution in [2.75, 3.05) is 0 Å². The predicted molar refractivity (Wildman–Crippen MR) is 126 cm³/mol. The van der Waals surface area contributed by atoms with Gasteiger partial charge in [0.2, 0.25) is 0 Å². The normalized spacial score (nSPS) is 24.3. The van der Waals surface area contributed by atoms with E-state index in [2.05, 4.69) is 97.1 Å². The lowest BCUT2D eigenvalue weighted by atomic mass is 9.64. The van der Waals surface area contributed by atoms with Crippen molar-refractivity contribution in [2.24, 2.45) is 11.8 Å². The van der Waals surface area contributed by atoms with E-state index in [4.69, 9.17) is 0 Å². The highest BCUT2D eigenvalue weighted by Crippen LogP contribution is 2.47. The van der Waals surface area contributed by atoms with E-state index < -0.39 is 0 Å². The maximum Gasteiger partial charge on any atom is 0.0208 e. The molecule has 4 aliphatic rings. The number of hydrogen-bond acceptors (Lipinski definition) is 0. The smallest absolute Gasteiger partial charge is 0.0208 e. The van der Waals surface area contributed by atoms with E-state index in [0.29, 0.717) is 11.8 Å². The van der Waals surface area contributed by atoms with Crippen molar-refractivity contribution in [1.82, 2.24) is 0 Å². The van der Waals surface area contributed by atoms with Crippen molar-refractivity contribution in [3.63, 3.8) is 0 Å². The van der Waals surface area contributed by atoms with Gasteiger partial charge in [-0.15, -0.1) is 0 Å². The highest BCUT2D eigenvalue weighted by molar-refractivity contribution is 5.82. The second-order valence-electron chi connectivity index (χ2n) is 8.68. The zero-order valence-electron chi connectivity index (χ0n) is 17.2. The van der Waals surface area contributed by atoms with Gasteiger partial charge in [0.15, 0.2) is 0 Å². The molecular formula is C30H26. The standard InChI is InChI=1S/C30H26/c1-3-12-22(13-4-1)28-25-17-9-10-18-26(25)29(23-14-5-2-6-15-23)30-24-16-8-7-11-21(24)19-20-27(28)30/h1-3,5-6,8-10,12,14-20,27,30H,4,7,11,13H2. The van der Waals surface area contributed by atoms with Gasteiger partial charge in [0.1, 0.15) is 0 Å². The van der Waals surface area contributed by atoms with Crippen molar-refractivity contribution in [3.05, 3.63) is 130 Å². The quantitative estimate of drug-likeness (QED) is 0.614. The second kappa shape index (κ2) is 7.29. The number of allylic oxidation sites excluding steroid dienone is 10. The minimum atomic E-state index is 0.389. The topological polar surface area (TPSA) is 0 Å². The first-order chi connectivity index (χ1) is 14.9. The number of benzene rings is 2. The van der Waals surface area contributed by atoms with Gasteiger partial charge >= 0.3 is 0 Å². The van der Waals surface area contributed by atoms with E-state index in [1.54, 1.807) is 5.57 Å². The van der Waals surface area contributed by atoms with Crippen molar-refractivity contribution in [3.8, 4) is 0 Å². The molecule has 0 spiro atoms. The van der Waals surface area contributed by atoms with Crippen LogP contribution < -0.4 is 10.4 Å². The van der Waals surface area contributed by atoms with Crippen LogP contribution >= 0.6 is 0 Å². The molecule has 0 bridgehead atoms. The molecule has 0 nitrogen and oxygen atoms in total. The summed E-state index contributed by atoms with van der Waals surface area (Å²) in [6.45, 7) is 0. The molecule has 2 aromatic rings. The lowest BCUT2D eigenvalue weighted by Crippen LogP contribution is -2.42. The average molecular weight is 387 g/mol. The third-order valence-corrected chi connectivity index (χ3v) is 7.04. The Kier molecular flexibility index (Phi) is 4.30. The monoisotopic (exact) mass is 386 g/mol. The third-order valence-electron chi connectivity index (χ3n) is 7.04. The molecule has 2 unspecified atom stereocenters. The van der Waals surface area contributed by atoms with Crippen LogP contribution in [-0.2, 0) is 0 Å². The van der Waals surface area contributed by atoms with E-state index in [1.165, 1.54) is 38.3 Å². The summed E-state index contributed by atoms with van der Waals surface area (Å²) in [5.74, 6) is 0.787. The lowest BCUT2D eigenvalue weighted by molar-refractivity contribution is 0.639. The zero-order valence-corrected chi connectivity index (χ0v) is 17.2. The van der Waals surface area contributed by atoms with E-state index >= 15 is 0 Å². The summed E-state index contributed by atoms with van der Waals surface area (Å²) in [4.78, 5) is 0. The number of hydrogen-bond donors (Lipinski definition) is 0. The molecule has 0 radical (unpaired) electrons. The van der Waals surface area contributed by atoms with Crippen LogP contribution in [0.25, 0.3) is 11.1 Å². The van der Waals surface area contributed by atoms with E-state index in [-0.39, 0.29) is 0 Å². The molecule has 0 aromatic heterocycles. The van der Waals surface area contributed by atoms with Gasteiger partial charge in [-0.1, -0.05) is 97.1 Å². The van der Waals surface area contributed by atoms with Gasteiger partial charge in [0, 0.05) is 11.8 Å². The first kappa shape index (κ1) is 17.7. The first-order valence-electron chi connectivity index (χ1n) is 11.2. The Labute approximate surface area is 178 Å². The highest BCUT2D eigenvalue weighted by Gasteiger charge is 2.37. The van der Waals surface area contributed by atoms with Crippen LogP contribution in [0.4, 0.5) is 0 Å². The summed E-state index contributed by atoms with van der Waals surface area (Å²) < 4.78 is 0. The molecule has 0 amide bonds. The maximum atomic E-state index is 2.51. The minimum Gasteiger partial charge on any atom is -0.0842 e. The summed E-state index contributed by atoms with van der Waals surface area (Å²) in [7, 11) is 0. The van der Waals surface area contributed by atoms with Crippen molar-refractivity contribution in [2.45, 2.75) is 25.7 Å². The van der Waals surface area contributed by atoms with Gasteiger partial charge in [0.05, 0.1) is 0 Å². The third kappa shape index (κ3) is 2.75. The van der Waals surface area contributed by atoms with Crippen LogP contribution in [0.1, 0.15) is 31.2 Å². The Morgan fingerprint density at radius 1 is 0.700 bits per heavy atom. The van der Waals surface area contributed by atoms with E-state index in [9.17, 15) is 0 Å². The fourth-order valence-electron chi connectivity index (χ4n) is 5.77. The molecule has 0 heteroatoms. The lowest BCUT2D eigenvalue weighted by Gasteiger charge is -2.39. The Hall–Kier alpha value is -3.12. The largest absolute Gasteiger partial charge is 0.0842 e. The molecule has 146 valence electrons. The average Bonchev–Trinajstić information content (AvgIpc) is 2.83. The van der Waals surface area contributed by atoms with Crippen LogP contribution in [0.3, 0.4) is 0 Å². The minimum absolute atomic E-state index is 0.389. The second-order valence-corrected chi connectivity index (χ2v) is 8.68. The van der Waals surface area contributed by atoms with E-state index in [0.717, 1.165) is 25.7 Å². The molecule has 6 rings (SSSR count). The number of rotatable bonds is 2. The Morgan fingerprint density at radius 2 is 1.47 bits per heavy atom. The van der Waals surface area contributed by atoms with Gasteiger partial charge in [-0.05, 0) is 69.5 Å². The molecule has 2 aromatic carbocycles. The van der Waals surface area contributed by atoms with E-state index in [1.807, 2.05) is 0 Å². The summed E-state index contributed by atoms with van der Waals surface area (Å²) in [5, 5.41) is 2.84. The molecule has 0 saturated carbocycles. The van der Waals surface area contributed by atoms with Gasteiger partial charge in [-0.3, -0.25) is 0 Å². The molecule has 30 heavy (non-hydrogen) atoms. The summed E-state index contributed by atoms with van der Waals surface area (Å²) >= 11 is 0. The Morgan fingerprint density at radius 3 is 2.27 bits per heavy atom. The van der Waals surface area contributed by atoms with Gasteiger partial charge in [0.25, 0.3) is 0 Å². The summed E-state index contributed by atoms with van der Waals surface area (Å²) in [5.41, 5.74) is 8.98. The van der Waals surface area contributed by atoms with Crippen LogP contribution in [0.15, 0.2) is 114 Å². The fourth-order valence-corrected chi connectivity index (χ4v) is 5.77. The first-order valence-corrected chi connectivity index (χ1v) is 11.2. The van der Waals surface area contributed by atoms with Crippen molar-refractivity contribution < 1.29 is 0 Å². The molecule has 0 N–H and O–H groups in total. The maximum absolute atomic E-state index is 2.51. The van der Waals surface area contributed by atoms with Crippen LogP contribution in [0, 0.1) is 11.8 Å². The predicted octanol–water partition coefficient (Wildman–Crippen LogP) is 5.78. The number of fused-ring (bicyclic) bond motifs is 3. The van der Waals surface area contributed by atoms with Crippen LogP contribution in [0.5, 0.6) is 0 Å². The SMILES string of the molecule is C1=CCCC(C2=c3ccccc3=C(c3ccccc3)C3C4=C(C=CC23)CCC=C4)=C1. The molecular weight excluding hydrogens is 360 g/mol. The zero-order chi connectivity index (χ0) is 19.9. The van der Waals surface area contributed by atoms with Gasteiger partial charge in [-0.25, -0.2) is 0 Å². The Bertz CT molecular complexity index is 1280. The molecule has 0 saturated heterocycles. The molecule has 0 fully saturated rings. The van der Waals surface area contributed by atoms with Crippen molar-refractivity contribution >= 4 is 11.1 Å². The van der Waals surface area contributed by atoms with Crippen molar-refractivity contribution in [1.29, 1.82) is 0 Å². The molecule has 4 aliphatic carbocycles. The fraction of sp³-hybridized carbons (Fsp3) is 0.200. The summed E-state index contributed by atoms with van der Waals surface area (Å²) in [6, 6.07) is 20.2. The van der Waals surface area contributed by atoms with Gasteiger partial charge < -0.3 is 0 Å². The molecule has 2 atom stereocenters. The van der Waals surface area contributed by atoms with Gasteiger partial charge in [-0.2, -0.15) is 0 Å². The van der Waals surface area contributed by atoms with Crippen LogP contribution in [-0.4, -0.2) is 0 Å². The highest BCUT2D eigenvalue weighted by atomic mass is 14.4. The Balaban J connectivity index is 1.73. The molecule has 0 heterocycles.